The second-order valence-electron chi connectivity index (χ2n) is 31.6. The Bertz CT molecular complexity index is 4730. The van der Waals surface area contributed by atoms with Crippen LogP contribution in [-0.2, 0) is 66.4 Å². The monoisotopic (exact) mass is 1570 g/mol. The minimum Gasteiger partial charge on any atom is -0.459 e. The number of ketones is 2. The van der Waals surface area contributed by atoms with Crippen molar-refractivity contribution in [1.82, 2.24) is 0 Å². The molecule has 2 heterocycles. The third kappa shape index (κ3) is 18.8. The molecule has 0 bridgehead atoms. The summed E-state index contributed by atoms with van der Waals surface area (Å²) in [6.45, 7) is 5.30. The quantitative estimate of drug-likeness (QED) is 0.0250. The lowest BCUT2D eigenvalue weighted by Crippen LogP contribution is -2.63. The number of ether oxygens (including phenoxy) is 12. The largest absolute Gasteiger partial charge is 0.459 e. The molecule has 116 heavy (non-hydrogen) atoms. The topological polar surface area (TPSA) is 281 Å². The molecule has 8 aromatic carbocycles. The van der Waals surface area contributed by atoms with Crippen molar-refractivity contribution in [2.24, 2.45) is 46.3 Å². The first-order valence-electron chi connectivity index (χ1n) is 39.9. The van der Waals surface area contributed by atoms with E-state index >= 15 is 0 Å². The van der Waals surface area contributed by atoms with E-state index in [0.717, 1.165) is 32.1 Å². The van der Waals surface area contributed by atoms with Crippen LogP contribution < -0.4 is 0 Å². The fraction of sp³-hybridized carbons (Fsp3) is 0.383. The summed E-state index contributed by atoms with van der Waals surface area (Å²) < 4.78 is 76.8. The van der Waals surface area contributed by atoms with Crippen LogP contribution in [0.5, 0.6) is 0 Å². The fourth-order valence-electron chi connectivity index (χ4n) is 18.1. The van der Waals surface area contributed by atoms with E-state index in [9.17, 15) is 47.9 Å². The molecule has 4 saturated carbocycles. The highest BCUT2D eigenvalue weighted by Gasteiger charge is 2.64. The van der Waals surface area contributed by atoms with Crippen LogP contribution in [0.4, 0.5) is 0 Å². The smallest absolute Gasteiger partial charge is 0.338 e. The zero-order valence-electron chi connectivity index (χ0n) is 64.8. The Morgan fingerprint density at radius 1 is 0.397 bits per heavy atom. The number of esters is 8. The van der Waals surface area contributed by atoms with Crippen molar-refractivity contribution in [3.8, 4) is 0 Å². The van der Waals surface area contributed by atoms with E-state index in [4.69, 9.17) is 56.8 Å². The maximum atomic E-state index is 14.7. The van der Waals surface area contributed by atoms with Gasteiger partial charge in [-0.3, -0.25) is 9.59 Å². The van der Waals surface area contributed by atoms with Crippen molar-refractivity contribution >= 4 is 59.3 Å². The molecule has 14 rings (SSSR count). The van der Waals surface area contributed by atoms with Crippen LogP contribution in [0.25, 0.3) is 0 Å². The summed E-state index contributed by atoms with van der Waals surface area (Å²) in [6.07, 6.45) is -9.75. The lowest BCUT2D eigenvalue weighted by Gasteiger charge is -2.61. The number of hydrogen-bond donors (Lipinski definition) is 0. The Morgan fingerprint density at radius 3 is 1.14 bits per heavy atom. The van der Waals surface area contributed by atoms with E-state index in [-0.39, 0.29) is 111 Å². The number of carbonyl (C=O) groups is 10. The summed E-state index contributed by atoms with van der Waals surface area (Å²) >= 11 is 0. The van der Waals surface area contributed by atoms with Crippen LogP contribution in [0.1, 0.15) is 174 Å². The summed E-state index contributed by atoms with van der Waals surface area (Å²) in [6, 6.07) is 65.4. The molecule has 6 fully saturated rings. The Hall–Kier alpha value is -11.3. The van der Waals surface area contributed by atoms with Crippen LogP contribution in [0, 0.1) is 46.3 Å². The van der Waals surface area contributed by atoms with E-state index < -0.39 is 140 Å². The van der Waals surface area contributed by atoms with Crippen molar-refractivity contribution in [2.75, 3.05) is 19.8 Å². The highest BCUT2D eigenvalue weighted by molar-refractivity contribution is 5.94. The molecule has 0 radical (unpaired) electrons. The summed E-state index contributed by atoms with van der Waals surface area (Å²) in [4.78, 5) is 142. The van der Waals surface area contributed by atoms with Gasteiger partial charge in [-0.2, -0.15) is 0 Å². The van der Waals surface area contributed by atoms with Gasteiger partial charge >= 0.3 is 47.8 Å². The number of hydrogen-bond acceptors (Lipinski definition) is 22. The van der Waals surface area contributed by atoms with E-state index in [2.05, 4.69) is 13.8 Å². The SMILES string of the molecule is C[C@@H](CCC(=O)CC1C(=O)CC2C3CCC4CC(O[C@@H]5OC(COC(=O)c6ccccc6)[C@H](OC(=O)c6ccccc6)C(OC(=O)c6ccccc6)C5OC(=O)c5ccccc5)CCC4(C)C3CCC12C)CO[C@@H]1OC(COC(=O)c2ccccc2)[C@H](OC(=O)c2ccccc2)[C@H](OC(=O)c2ccccc2)C1OC(=O)c1ccccc1. The lowest BCUT2D eigenvalue weighted by molar-refractivity contribution is -0.313. The van der Waals surface area contributed by atoms with Crippen molar-refractivity contribution < 1.29 is 105 Å². The minimum absolute atomic E-state index is 0.0380. The highest BCUT2D eigenvalue weighted by atomic mass is 16.8. The normalized spacial score (nSPS) is 28.1. The van der Waals surface area contributed by atoms with Crippen molar-refractivity contribution in [1.29, 1.82) is 0 Å². The number of Topliss-reactive ketones (excluding diaryl/α,β-unsaturated/α-hetero) is 2. The number of carbonyl (C=O) groups excluding carboxylic acids is 10. The van der Waals surface area contributed by atoms with Crippen LogP contribution in [0.2, 0.25) is 0 Å². The van der Waals surface area contributed by atoms with E-state index in [0.29, 0.717) is 25.7 Å². The number of fused-ring (bicyclic) bond motifs is 5. The predicted octanol–water partition coefficient (Wildman–Crippen LogP) is 15.1. The standard InChI is InChI=1S/C94H94O22/c1-58(55-107-91-81(115-89(103)65-40-24-10-25-41-65)79(113-87(101)63-36-20-8-21-37-63)77(111-85(99)61-32-16-6-17-33-61)75(109-91)56-105-83(97)59-28-12-4-13-29-59)44-46-68(95)53-73-74(96)54-72-70-47-45-67-52-69(48-50-93(67,2)71(70)49-51-94(72,73)3)108-92-82(116-90(104)66-42-26-11-27-43-66)80(114-88(102)64-38-22-9-23-39-64)78(112-86(100)62-34-18-7-19-35-62)76(110-92)57-106-84(98)60-30-14-5-15-31-60/h4-43,58,67,69-73,75-82,91-92H,44-57H2,1-3H3/t58-,67?,69?,70?,71?,72?,73?,75?,76?,77-,78-,79-,80?,81?,82?,91+,92+,93?,94?/m0/s1. The zero-order chi connectivity index (χ0) is 80.9. The molecule has 2 aliphatic heterocycles. The molecular weight excluding hydrogens is 1480 g/mol. The van der Waals surface area contributed by atoms with Crippen molar-refractivity contribution in [3.63, 3.8) is 0 Å². The third-order valence-electron chi connectivity index (χ3n) is 24.4. The van der Waals surface area contributed by atoms with Crippen LogP contribution in [0.15, 0.2) is 243 Å². The van der Waals surface area contributed by atoms with Crippen LogP contribution in [-0.4, -0.2) is 147 Å². The number of rotatable bonds is 28. The predicted molar refractivity (Wildman–Crippen MR) is 419 cm³/mol. The molecule has 8 aromatic rings. The molecule has 13 unspecified atom stereocenters. The summed E-state index contributed by atoms with van der Waals surface area (Å²) in [5.74, 6) is -6.61. The Balaban J connectivity index is 0.656. The van der Waals surface area contributed by atoms with Gasteiger partial charge in [-0.1, -0.05) is 166 Å². The maximum absolute atomic E-state index is 14.7. The van der Waals surface area contributed by atoms with Crippen molar-refractivity contribution in [2.45, 2.75) is 159 Å². The Morgan fingerprint density at radius 2 is 0.741 bits per heavy atom. The lowest BCUT2D eigenvalue weighted by atomic mass is 9.44. The molecule has 0 amide bonds. The molecule has 0 N–H and O–H groups in total. The minimum atomic E-state index is -1.64. The van der Waals surface area contributed by atoms with Gasteiger partial charge in [0, 0.05) is 25.2 Å². The van der Waals surface area contributed by atoms with Gasteiger partial charge in [0.05, 0.1) is 57.2 Å². The molecule has 602 valence electrons. The van der Waals surface area contributed by atoms with Crippen molar-refractivity contribution in [3.05, 3.63) is 287 Å². The zero-order valence-corrected chi connectivity index (χ0v) is 64.8. The highest BCUT2D eigenvalue weighted by Crippen LogP contribution is 2.67. The van der Waals surface area contributed by atoms with Crippen LogP contribution >= 0.6 is 0 Å². The summed E-state index contributed by atoms with van der Waals surface area (Å²) in [5, 5.41) is 0. The first-order valence-corrected chi connectivity index (χ1v) is 39.9. The molecular formula is C94H94O22. The summed E-state index contributed by atoms with van der Waals surface area (Å²) in [7, 11) is 0. The second-order valence-corrected chi connectivity index (χ2v) is 31.6. The van der Waals surface area contributed by atoms with Gasteiger partial charge in [-0.15, -0.1) is 0 Å². The average Bonchev–Trinajstić information content (AvgIpc) is 1.51. The molecule has 19 atom stereocenters. The maximum Gasteiger partial charge on any atom is 0.338 e. The number of benzene rings is 8. The van der Waals surface area contributed by atoms with Gasteiger partial charge in [-0.05, 0) is 189 Å². The Kier molecular flexibility index (Phi) is 26.0. The molecule has 22 nitrogen and oxygen atoms in total. The molecule has 0 aromatic heterocycles. The average molecular weight is 1580 g/mol. The van der Waals surface area contributed by atoms with Gasteiger partial charge in [0.15, 0.2) is 49.2 Å². The van der Waals surface area contributed by atoms with Gasteiger partial charge in [0.1, 0.15) is 37.0 Å². The van der Waals surface area contributed by atoms with E-state index in [1.54, 1.807) is 206 Å². The first kappa shape index (κ1) is 81.3. The van der Waals surface area contributed by atoms with Gasteiger partial charge in [0.2, 0.25) is 0 Å². The third-order valence-corrected chi connectivity index (χ3v) is 24.4. The van der Waals surface area contributed by atoms with Gasteiger partial charge < -0.3 is 56.8 Å². The molecule has 0 spiro atoms. The van der Waals surface area contributed by atoms with Gasteiger partial charge in [-0.25, -0.2) is 38.4 Å². The molecule has 6 aliphatic rings. The first-order chi connectivity index (χ1) is 56.3. The van der Waals surface area contributed by atoms with E-state index in [1.807, 2.05) is 6.92 Å². The molecule has 22 heteroatoms. The summed E-state index contributed by atoms with van der Waals surface area (Å²) in [5.41, 5.74) is 0.741. The second kappa shape index (κ2) is 37.1. The fourth-order valence-corrected chi connectivity index (χ4v) is 18.1. The van der Waals surface area contributed by atoms with E-state index in [1.165, 1.54) is 36.4 Å². The molecule has 2 saturated heterocycles. The van der Waals surface area contributed by atoms with Gasteiger partial charge in [0.25, 0.3) is 0 Å². The van der Waals surface area contributed by atoms with Crippen LogP contribution in [0.3, 0.4) is 0 Å². The Labute approximate surface area is 673 Å². The molecule has 4 aliphatic carbocycles.